The molecular weight excluding hydrogens is 765 g/mol. The Morgan fingerprint density at radius 3 is 1.04 bits per heavy atom. The predicted octanol–water partition coefficient (Wildman–Crippen LogP) is 4.64. The Morgan fingerprint density at radius 2 is 0.712 bits per heavy atom. The lowest BCUT2D eigenvalue weighted by atomic mass is 10.0. The van der Waals surface area contributed by atoms with Gasteiger partial charge in [-0.15, -0.1) is 0 Å². The van der Waals surface area contributed by atoms with Crippen molar-refractivity contribution in [1.29, 1.82) is 0 Å². The average Bonchev–Trinajstić information content (AvgIpc) is 3.04. The number of nitrogens with one attached hydrogen (secondary N) is 2. The van der Waals surface area contributed by atoms with Gasteiger partial charge in [-0.1, -0.05) is 24.3 Å². The molecule has 0 atom stereocenters. The third kappa shape index (κ3) is 7.22. The fourth-order valence-electron chi connectivity index (χ4n) is 5.58. The number of fused-ring (bicyclic) bond motifs is 3. The molecule has 2 amide bonds. The highest BCUT2D eigenvalue weighted by Crippen LogP contribution is 2.33. The van der Waals surface area contributed by atoms with Crippen molar-refractivity contribution in [2.45, 2.75) is 19.6 Å². The van der Waals surface area contributed by atoms with Gasteiger partial charge >= 0.3 is 0 Å². The van der Waals surface area contributed by atoms with Gasteiger partial charge in [0.2, 0.25) is 0 Å². The minimum Gasteiger partial charge on any atom is -0.322 e. The van der Waals surface area contributed by atoms with E-state index in [0.29, 0.717) is 10.8 Å². The molecule has 6 rings (SSSR count). The van der Waals surface area contributed by atoms with Crippen molar-refractivity contribution >= 4 is 96.0 Å². The van der Waals surface area contributed by atoms with Gasteiger partial charge < -0.3 is 10.6 Å². The summed E-state index contributed by atoms with van der Waals surface area (Å²) in [5.74, 6) is -1.41. The molecule has 6 aromatic rings. The summed E-state index contributed by atoms with van der Waals surface area (Å²) in [6, 6.07) is 19.1. The van der Waals surface area contributed by atoms with Crippen LogP contribution in [0.1, 0.15) is 20.7 Å². The highest BCUT2D eigenvalue weighted by atomic mass is 32.2. The molecular formula is C32H22N2O14S4. The topological polar surface area (TPSA) is 276 Å². The predicted molar refractivity (Wildman–Crippen MR) is 187 cm³/mol. The first-order valence-electron chi connectivity index (χ1n) is 14.3. The molecule has 0 unspecified atom stereocenters. The van der Waals surface area contributed by atoms with E-state index in [-0.39, 0.29) is 44.0 Å². The molecule has 0 spiro atoms. The van der Waals surface area contributed by atoms with Crippen molar-refractivity contribution in [3.05, 3.63) is 108 Å². The van der Waals surface area contributed by atoms with Gasteiger partial charge in [-0.2, -0.15) is 33.7 Å². The molecule has 6 aromatic carbocycles. The van der Waals surface area contributed by atoms with Crippen LogP contribution in [0.4, 0.5) is 11.4 Å². The second-order valence-corrected chi connectivity index (χ2v) is 16.8. The molecule has 0 aliphatic carbocycles. The van der Waals surface area contributed by atoms with Crippen LogP contribution in [0, 0.1) is 0 Å². The molecule has 0 aromatic heterocycles. The summed E-state index contributed by atoms with van der Waals surface area (Å²) < 4.78 is 134. The Balaban J connectivity index is 1.30. The number of hydrogen-bond acceptors (Lipinski definition) is 10. The molecule has 0 bridgehead atoms. The van der Waals surface area contributed by atoms with E-state index in [1.807, 2.05) is 0 Å². The van der Waals surface area contributed by atoms with Gasteiger partial charge in [0.05, 0.1) is 0 Å². The molecule has 0 heterocycles. The summed E-state index contributed by atoms with van der Waals surface area (Å²) in [6.07, 6.45) is 0. The van der Waals surface area contributed by atoms with Crippen LogP contribution in [-0.2, 0) is 40.5 Å². The third-order valence-corrected chi connectivity index (χ3v) is 11.5. The number of hydrogen-bond donors (Lipinski definition) is 6. The lowest BCUT2D eigenvalue weighted by Gasteiger charge is -2.12. The van der Waals surface area contributed by atoms with Gasteiger partial charge in [-0.05, 0) is 83.6 Å². The van der Waals surface area contributed by atoms with E-state index < -0.39 is 71.9 Å². The number of amides is 2. The van der Waals surface area contributed by atoms with Crippen molar-refractivity contribution in [3.8, 4) is 0 Å². The van der Waals surface area contributed by atoms with Crippen LogP contribution in [0.3, 0.4) is 0 Å². The average molecular weight is 787 g/mol. The van der Waals surface area contributed by atoms with Gasteiger partial charge in [-0.3, -0.25) is 27.8 Å². The highest BCUT2D eigenvalue weighted by Gasteiger charge is 2.23. The molecule has 268 valence electrons. The zero-order valence-electron chi connectivity index (χ0n) is 25.7. The Hall–Kier alpha value is -5.32. The molecule has 0 fully saturated rings. The lowest BCUT2D eigenvalue weighted by molar-refractivity contribution is 0.101. The second kappa shape index (κ2) is 12.7. The normalized spacial score (nSPS) is 12.6. The van der Waals surface area contributed by atoms with Gasteiger partial charge in [0.25, 0.3) is 52.3 Å². The molecule has 6 N–H and O–H groups in total. The standard InChI is InChI=1S/C32H22N2O14S4/c35-31(33-21-5-7-23-25(15-21)29(51(43,44)45)11-9-27(23)49(37,38)39)18-3-1-17-2-4-19(14-20(17)13-18)32(36)34-22-6-8-24-26(16-22)30(52(46,47)48)12-10-28(24)50(40,41)42/h1-16H,(H,33,35)(H,34,36)(H,37,38,39)(H,40,41,42)(H,43,44,45)(H,46,47,48). The van der Waals surface area contributed by atoms with E-state index in [0.717, 1.165) is 48.5 Å². The number of benzene rings is 6. The van der Waals surface area contributed by atoms with E-state index in [9.17, 15) is 61.5 Å². The van der Waals surface area contributed by atoms with Crippen LogP contribution < -0.4 is 10.6 Å². The monoisotopic (exact) mass is 786 g/mol. The molecule has 0 aliphatic heterocycles. The Labute approximate surface area is 294 Å². The van der Waals surface area contributed by atoms with Crippen LogP contribution in [0.25, 0.3) is 32.3 Å². The van der Waals surface area contributed by atoms with Crippen LogP contribution in [0.15, 0.2) is 117 Å². The van der Waals surface area contributed by atoms with Crippen molar-refractivity contribution in [1.82, 2.24) is 0 Å². The first-order valence-corrected chi connectivity index (χ1v) is 20.1. The van der Waals surface area contributed by atoms with Crippen molar-refractivity contribution in [2.24, 2.45) is 0 Å². The van der Waals surface area contributed by atoms with E-state index in [4.69, 9.17) is 0 Å². The fourth-order valence-corrected chi connectivity index (χ4v) is 8.34. The van der Waals surface area contributed by atoms with Crippen LogP contribution in [-0.4, -0.2) is 63.7 Å². The fraction of sp³-hybridized carbons (Fsp3) is 0. The first kappa shape index (κ1) is 36.5. The van der Waals surface area contributed by atoms with E-state index >= 15 is 0 Å². The van der Waals surface area contributed by atoms with E-state index in [1.165, 1.54) is 36.4 Å². The maximum absolute atomic E-state index is 13.2. The number of carbonyl (C=O) groups is 2. The van der Waals surface area contributed by atoms with Crippen LogP contribution in [0.5, 0.6) is 0 Å². The quantitative estimate of drug-likeness (QED) is 0.115. The second-order valence-electron chi connectivity index (χ2n) is 11.2. The van der Waals surface area contributed by atoms with Crippen LogP contribution >= 0.6 is 0 Å². The summed E-state index contributed by atoms with van der Waals surface area (Å²) in [7, 11) is -19.3. The maximum atomic E-state index is 13.2. The summed E-state index contributed by atoms with van der Waals surface area (Å²) in [5.41, 5.74) is 0.154. The van der Waals surface area contributed by atoms with Gasteiger partial charge in [-0.25, -0.2) is 0 Å². The Kier molecular flexibility index (Phi) is 8.92. The summed E-state index contributed by atoms with van der Waals surface area (Å²) in [5, 5.41) is 5.03. The van der Waals surface area contributed by atoms with E-state index in [1.54, 1.807) is 12.1 Å². The number of rotatable bonds is 8. The Morgan fingerprint density at radius 1 is 0.385 bits per heavy atom. The molecule has 20 heteroatoms. The zero-order chi connectivity index (χ0) is 38.0. The smallest absolute Gasteiger partial charge is 0.295 e. The van der Waals surface area contributed by atoms with Gasteiger partial charge in [0.1, 0.15) is 19.6 Å². The summed E-state index contributed by atoms with van der Waals surface area (Å²) >= 11 is 0. The number of carbonyl (C=O) groups excluding carboxylic acids is 2. The molecule has 0 saturated carbocycles. The maximum Gasteiger partial charge on any atom is 0.295 e. The molecule has 52 heavy (non-hydrogen) atoms. The van der Waals surface area contributed by atoms with Gasteiger partial charge in [0, 0.05) is 44.0 Å². The molecule has 0 radical (unpaired) electrons. The summed E-state index contributed by atoms with van der Waals surface area (Å²) in [4.78, 5) is 23.9. The van der Waals surface area contributed by atoms with Crippen molar-refractivity contribution < 1.29 is 61.5 Å². The zero-order valence-corrected chi connectivity index (χ0v) is 29.0. The third-order valence-electron chi connectivity index (χ3n) is 7.87. The molecule has 0 saturated heterocycles. The number of anilines is 2. The summed E-state index contributed by atoms with van der Waals surface area (Å²) in [6.45, 7) is 0. The molecule has 16 nitrogen and oxygen atoms in total. The van der Waals surface area contributed by atoms with E-state index in [2.05, 4.69) is 10.6 Å². The lowest BCUT2D eigenvalue weighted by Crippen LogP contribution is -2.13. The highest BCUT2D eigenvalue weighted by molar-refractivity contribution is 7.87. The minimum atomic E-state index is -4.86. The molecule has 0 aliphatic rings. The van der Waals surface area contributed by atoms with Crippen molar-refractivity contribution in [3.63, 3.8) is 0 Å². The van der Waals surface area contributed by atoms with Crippen molar-refractivity contribution in [2.75, 3.05) is 10.6 Å². The van der Waals surface area contributed by atoms with Gasteiger partial charge in [0.15, 0.2) is 0 Å². The minimum absolute atomic E-state index is 0.000590. The first-order chi connectivity index (χ1) is 24.1. The largest absolute Gasteiger partial charge is 0.322 e. The van der Waals surface area contributed by atoms with Crippen LogP contribution in [0.2, 0.25) is 0 Å². The Bertz CT molecular complexity index is 2800. The SMILES string of the molecule is O=C(Nc1ccc2c(S(=O)(=O)O)ccc(S(=O)(=O)O)c2c1)c1ccc2ccc(C(=O)Nc3ccc4c(S(=O)(=O)O)ccc(S(=O)(=O)O)c4c3)cc2c1.